The van der Waals surface area contributed by atoms with Crippen LogP contribution in [0.25, 0.3) is 44.5 Å². The Hall–Kier alpha value is -4.68. The van der Waals surface area contributed by atoms with Gasteiger partial charge in [0.05, 0.1) is 0 Å². The van der Waals surface area contributed by atoms with Crippen LogP contribution in [0.3, 0.4) is 0 Å². The van der Waals surface area contributed by atoms with Gasteiger partial charge in [-0.15, -0.1) is 0 Å². The zero-order chi connectivity index (χ0) is 24.9. The number of hydrogen-bond acceptors (Lipinski definition) is 0. The fraction of sp³-hybridized carbons (Fsp3) is 0.0270. The summed E-state index contributed by atoms with van der Waals surface area (Å²) in [6, 6.07) is 56.6. The van der Waals surface area contributed by atoms with E-state index in [1.807, 2.05) is 0 Å². The molecule has 0 radical (unpaired) electrons. The third-order valence-electron chi connectivity index (χ3n) is 6.92. The van der Waals surface area contributed by atoms with Gasteiger partial charge in [0.15, 0.2) is 0 Å². The molecule has 0 aliphatic heterocycles. The predicted molar refractivity (Wildman–Crippen MR) is 157 cm³/mol. The molecule has 176 valence electrons. The van der Waals surface area contributed by atoms with Crippen molar-refractivity contribution in [1.82, 2.24) is 0 Å². The van der Waals surface area contributed by atoms with Crippen LogP contribution in [-0.2, 0) is 6.42 Å². The summed E-state index contributed by atoms with van der Waals surface area (Å²) in [5.74, 6) is 0. The lowest BCUT2D eigenvalue weighted by Crippen LogP contribution is -1.89. The third-order valence-corrected chi connectivity index (χ3v) is 6.92. The third kappa shape index (κ3) is 5.29. The zero-order valence-corrected chi connectivity index (χ0v) is 20.7. The van der Waals surface area contributed by atoms with E-state index in [0.717, 1.165) is 6.42 Å². The normalized spacial score (nSPS) is 10.8. The van der Waals surface area contributed by atoms with Crippen molar-refractivity contribution in [3.8, 4) is 44.5 Å². The van der Waals surface area contributed by atoms with Crippen LogP contribution in [0.2, 0.25) is 0 Å². The summed E-state index contributed by atoms with van der Waals surface area (Å²) in [6.45, 7) is 0. The van der Waals surface area contributed by atoms with E-state index in [0.29, 0.717) is 0 Å². The minimum atomic E-state index is 0.932. The molecule has 0 heteroatoms. The molecular weight excluding hydrogens is 444 g/mol. The van der Waals surface area contributed by atoms with Crippen molar-refractivity contribution in [3.05, 3.63) is 169 Å². The highest BCUT2D eigenvalue weighted by Gasteiger charge is 2.05. The second-order valence-electron chi connectivity index (χ2n) is 9.46. The topological polar surface area (TPSA) is 0 Å². The molecule has 0 N–H and O–H groups in total. The molecule has 0 saturated heterocycles. The maximum atomic E-state index is 2.29. The van der Waals surface area contributed by atoms with Gasteiger partial charge in [0.1, 0.15) is 0 Å². The van der Waals surface area contributed by atoms with Crippen molar-refractivity contribution in [3.63, 3.8) is 0 Å². The van der Waals surface area contributed by atoms with E-state index in [1.54, 1.807) is 0 Å². The highest BCUT2D eigenvalue weighted by molar-refractivity contribution is 5.77. The second kappa shape index (κ2) is 10.5. The lowest BCUT2D eigenvalue weighted by atomic mass is 9.95. The molecule has 0 bridgehead atoms. The molecule has 6 rings (SSSR count). The van der Waals surface area contributed by atoms with Crippen LogP contribution in [0.1, 0.15) is 11.1 Å². The molecule has 0 aliphatic rings. The number of benzene rings is 6. The SMILES string of the molecule is c1ccc(-c2ccc(Cc3ccc(-c4cccc(-c5cccc(-c6ccccc6)c5)c4)cc3)cc2)cc1. The van der Waals surface area contributed by atoms with E-state index >= 15 is 0 Å². The van der Waals surface area contributed by atoms with Gasteiger partial charge in [-0.3, -0.25) is 0 Å². The first-order valence-corrected chi connectivity index (χ1v) is 12.8. The summed E-state index contributed by atoms with van der Waals surface area (Å²) < 4.78 is 0. The fourth-order valence-electron chi connectivity index (χ4n) is 4.88. The van der Waals surface area contributed by atoms with Gasteiger partial charge in [-0.25, -0.2) is 0 Å². The van der Waals surface area contributed by atoms with Gasteiger partial charge < -0.3 is 0 Å². The Morgan fingerprint density at radius 3 is 0.973 bits per heavy atom. The molecule has 0 heterocycles. The highest BCUT2D eigenvalue weighted by atomic mass is 14.1. The van der Waals surface area contributed by atoms with Gasteiger partial charge in [-0.05, 0) is 74.2 Å². The average Bonchev–Trinajstić information content (AvgIpc) is 2.99. The molecule has 0 saturated carbocycles. The van der Waals surface area contributed by atoms with Gasteiger partial charge in [-0.1, -0.05) is 146 Å². The average molecular weight is 473 g/mol. The largest absolute Gasteiger partial charge is 0.0622 e. The van der Waals surface area contributed by atoms with E-state index in [-0.39, 0.29) is 0 Å². The number of rotatable bonds is 6. The lowest BCUT2D eigenvalue weighted by Gasteiger charge is -2.09. The smallest absolute Gasteiger partial charge is 0.00258 e. The van der Waals surface area contributed by atoms with Gasteiger partial charge >= 0.3 is 0 Å². The molecule has 0 nitrogen and oxygen atoms in total. The Morgan fingerprint density at radius 2 is 0.541 bits per heavy atom. The predicted octanol–water partition coefficient (Wildman–Crippen LogP) is 9.95. The van der Waals surface area contributed by atoms with Crippen molar-refractivity contribution >= 4 is 0 Å². The van der Waals surface area contributed by atoms with E-state index in [2.05, 4.69) is 158 Å². The molecule has 0 unspecified atom stereocenters. The van der Waals surface area contributed by atoms with E-state index in [4.69, 9.17) is 0 Å². The van der Waals surface area contributed by atoms with Crippen molar-refractivity contribution in [2.75, 3.05) is 0 Å². The standard InChI is InChI=1S/C37H28/c1-3-9-30(10-4-1)32-21-17-28(18-22-32)25-29-19-23-33(24-20-29)35-14-8-16-37(27-35)36-15-7-13-34(26-36)31-11-5-2-6-12-31/h1-24,26-27H,25H2. The van der Waals surface area contributed by atoms with E-state index in [1.165, 1.54) is 55.6 Å². The van der Waals surface area contributed by atoms with Crippen LogP contribution in [0, 0.1) is 0 Å². The quantitative estimate of drug-likeness (QED) is 0.226. The van der Waals surface area contributed by atoms with Gasteiger partial charge in [-0.2, -0.15) is 0 Å². The molecule has 6 aromatic carbocycles. The molecule has 0 aliphatic carbocycles. The first kappa shape index (κ1) is 22.8. The van der Waals surface area contributed by atoms with Crippen LogP contribution in [0.5, 0.6) is 0 Å². The van der Waals surface area contributed by atoms with E-state index in [9.17, 15) is 0 Å². The van der Waals surface area contributed by atoms with Crippen molar-refractivity contribution in [2.45, 2.75) is 6.42 Å². The Balaban J connectivity index is 1.19. The molecule has 0 amide bonds. The van der Waals surface area contributed by atoms with Gasteiger partial charge in [0.25, 0.3) is 0 Å². The van der Waals surface area contributed by atoms with Crippen molar-refractivity contribution in [2.24, 2.45) is 0 Å². The Labute approximate surface area is 219 Å². The van der Waals surface area contributed by atoms with Crippen LogP contribution >= 0.6 is 0 Å². The summed E-state index contributed by atoms with van der Waals surface area (Å²) in [4.78, 5) is 0. The first-order valence-electron chi connectivity index (χ1n) is 12.8. The molecule has 0 atom stereocenters. The maximum Gasteiger partial charge on any atom is -0.00258 e. The summed E-state index contributed by atoms with van der Waals surface area (Å²) in [6.07, 6.45) is 0.932. The zero-order valence-electron chi connectivity index (χ0n) is 20.7. The highest BCUT2D eigenvalue weighted by Crippen LogP contribution is 2.30. The molecular formula is C37H28. The van der Waals surface area contributed by atoms with Gasteiger partial charge in [0.2, 0.25) is 0 Å². The Bertz CT molecular complexity index is 1590. The molecule has 0 aromatic heterocycles. The second-order valence-corrected chi connectivity index (χ2v) is 9.46. The van der Waals surface area contributed by atoms with Crippen LogP contribution in [0.4, 0.5) is 0 Å². The summed E-state index contributed by atoms with van der Waals surface area (Å²) in [5.41, 5.74) is 12.6. The molecule has 6 aromatic rings. The molecule has 0 fully saturated rings. The first-order chi connectivity index (χ1) is 18.3. The maximum absolute atomic E-state index is 2.29. The van der Waals surface area contributed by atoms with Crippen molar-refractivity contribution in [1.29, 1.82) is 0 Å². The summed E-state index contributed by atoms with van der Waals surface area (Å²) >= 11 is 0. The minimum absolute atomic E-state index is 0.932. The molecule has 37 heavy (non-hydrogen) atoms. The lowest BCUT2D eigenvalue weighted by molar-refractivity contribution is 1.19. The van der Waals surface area contributed by atoms with Crippen LogP contribution in [0.15, 0.2) is 158 Å². The summed E-state index contributed by atoms with van der Waals surface area (Å²) in [5, 5.41) is 0. The molecule has 0 spiro atoms. The van der Waals surface area contributed by atoms with Crippen LogP contribution in [-0.4, -0.2) is 0 Å². The van der Waals surface area contributed by atoms with Gasteiger partial charge in [0, 0.05) is 0 Å². The van der Waals surface area contributed by atoms with Crippen molar-refractivity contribution < 1.29 is 0 Å². The fourth-order valence-corrected chi connectivity index (χ4v) is 4.88. The van der Waals surface area contributed by atoms with E-state index < -0.39 is 0 Å². The Morgan fingerprint density at radius 1 is 0.243 bits per heavy atom. The minimum Gasteiger partial charge on any atom is -0.0622 e. The summed E-state index contributed by atoms with van der Waals surface area (Å²) in [7, 11) is 0. The Kier molecular flexibility index (Phi) is 6.47. The monoisotopic (exact) mass is 472 g/mol. The number of hydrogen-bond donors (Lipinski definition) is 0. The van der Waals surface area contributed by atoms with Crippen LogP contribution < -0.4 is 0 Å².